The van der Waals surface area contributed by atoms with Crippen molar-refractivity contribution in [3.05, 3.63) is 52.9 Å². The minimum absolute atomic E-state index is 0.235. The Bertz CT molecular complexity index is 586. The standard InChI is InChI=1S/C12H8ClFN2O/c13-10-6-8(14)1-2-9(10)11-5-7(12(15)17)3-4-16-11/h1-6H,(H2,15,17). The van der Waals surface area contributed by atoms with E-state index in [2.05, 4.69) is 4.98 Å². The number of carbonyl (C=O) groups is 1. The zero-order valence-corrected chi connectivity index (χ0v) is 9.41. The van der Waals surface area contributed by atoms with Crippen LogP contribution in [0, 0.1) is 5.82 Å². The highest BCUT2D eigenvalue weighted by Gasteiger charge is 2.08. The van der Waals surface area contributed by atoms with Crippen LogP contribution in [-0.4, -0.2) is 10.9 Å². The molecule has 0 saturated heterocycles. The van der Waals surface area contributed by atoms with Crippen molar-refractivity contribution in [2.75, 3.05) is 0 Å². The van der Waals surface area contributed by atoms with E-state index >= 15 is 0 Å². The van der Waals surface area contributed by atoms with Gasteiger partial charge in [0, 0.05) is 17.3 Å². The summed E-state index contributed by atoms with van der Waals surface area (Å²) in [5.41, 5.74) is 6.52. The predicted molar refractivity (Wildman–Crippen MR) is 63.2 cm³/mol. The highest BCUT2D eigenvalue weighted by Crippen LogP contribution is 2.27. The van der Waals surface area contributed by atoms with E-state index in [0.29, 0.717) is 16.8 Å². The Labute approximate surface area is 102 Å². The highest BCUT2D eigenvalue weighted by molar-refractivity contribution is 6.33. The van der Waals surface area contributed by atoms with Gasteiger partial charge in [-0.3, -0.25) is 9.78 Å². The topological polar surface area (TPSA) is 56.0 Å². The lowest BCUT2D eigenvalue weighted by Gasteiger charge is -2.04. The number of rotatable bonds is 2. The molecule has 1 aromatic carbocycles. The molecular weight excluding hydrogens is 243 g/mol. The van der Waals surface area contributed by atoms with Gasteiger partial charge in [-0.15, -0.1) is 0 Å². The van der Waals surface area contributed by atoms with Gasteiger partial charge in [0.25, 0.3) is 0 Å². The fraction of sp³-hybridized carbons (Fsp3) is 0. The van der Waals surface area contributed by atoms with E-state index in [1.807, 2.05) is 0 Å². The molecule has 17 heavy (non-hydrogen) atoms. The number of benzene rings is 1. The molecule has 2 aromatic rings. The van der Waals surface area contributed by atoms with Gasteiger partial charge in [0.15, 0.2) is 0 Å². The summed E-state index contributed by atoms with van der Waals surface area (Å²) >= 11 is 5.90. The molecule has 2 rings (SSSR count). The number of pyridine rings is 1. The van der Waals surface area contributed by atoms with Gasteiger partial charge < -0.3 is 5.73 Å². The Balaban J connectivity index is 2.53. The molecular formula is C12H8ClFN2O. The summed E-state index contributed by atoms with van der Waals surface area (Å²) in [6.45, 7) is 0. The molecule has 0 bridgehead atoms. The first-order valence-electron chi connectivity index (χ1n) is 4.79. The van der Waals surface area contributed by atoms with E-state index in [0.717, 1.165) is 0 Å². The average Bonchev–Trinajstić information content (AvgIpc) is 2.29. The van der Waals surface area contributed by atoms with Crippen molar-refractivity contribution < 1.29 is 9.18 Å². The summed E-state index contributed by atoms with van der Waals surface area (Å²) in [5.74, 6) is -0.975. The minimum atomic E-state index is -0.549. The molecule has 86 valence electrons. The minimum Gasteiger partial charge on any atom is -0.366 e. The van der Waals surface area contributed by atoms with Crippen LogP contribution in [0.2, 0.25) is 5.02 Å². The van der Waals surface area contributed by atoms with Crippen LogP contribution in [0.15, 0.2) is 36.5 Å². The van der Waals surface area contributed by atoms with E-state index < -0.39 is 11.7 Å². The summed E-state index contributed by atoms with van der Waals surface area (Å²) in [6, 6.07) is 6.99. The normalized spacial score (nSPS) is 10.2. The molecule has 0 atom stereocenters. The molecule has 0 spiro atoms. The third-order valence-electron chi connectivity index (χ3n) is 2.25. The number of hydrogen-bond acceptors (Lipinski definition) is 2. The average molecular weight is 251 g/mol. The van der Waals surface area contributed by atoms with Gasteiger partial charge >= 0.3 is 0 Å². The van der Waals surface area contributed by atoms with Gasteiger partial charge in [-0.25, -0.2) is 4.39 Å². The second-order valence-electron chi connectivity index (χ2n) is 3.42. The zero-order valence-electron chi connectivity index (χ0n) is 8.65. The number of nitrogens with two attached hydrogens (primary N) is 1. The Morgan fingerprint density at radius 3 is 2.71 bits per heavy atom. The van der Waals surface area contributed by atoms with Crippen molar-refractivity contribution >= 4 is 17.5 Å². The number of amides is 1. The van der Waals surface area contributed by atoms with Crippen LogP contribution in [0.1, 0.15) is 10.4 Å². The lowest BCUT2D eigenvalue weighted by Crippen LogP contribution is -2.11. The van der Waals surface area contributed by atoms with Gasteiger partial charge in [0.05, 0.1) is 10.7 Å². The molecule has 0 fully saturated rings. The van der Waals surface area contributed by atoms with Gasteiger partial charge in [-0.1, -0.05) is 11.6 Å². The summed E-state index contributed by atoms with van der Waals surface area (Å²) in [6.07, 6.45) is 1.45. The molecule has 1 aromatic heterocycles. The summed E-state index contributed by atoms with van der Waals surface area (Å²) in [4.78, 5) is 15.1. The van der Waals surface area contributed by atoms with Gasteiger partial charge in [0.1, 0.15) is 5.82 Å². The van der Waals surface area contributed by atoms with Crippen LogP contribution < -0.4 is 5.73 Å². The molecule has 0 aliphatic rings. The maximum absolute atomic E-state index is 12.9. The van der Waals surface area contributed by atoms with Crippen molar-refractivity contribution in [3.8, 4) is 11.3 Å². The number of aromatic nitrogens is 1. The van der Waals surface area contributed by atoms with E-state index in [9.17, 15) is 9.18 Å². The zero-order chi connectivity index (χ0) is 12.4. The van der Waals surface area contributed by atoms with Crippen molar-refractivity contribution in [1.82, 2.24) is 4.98 Å². The summed E-state index contributed by atoms with van der Waals surface area (Å²) in [7, 11) is 0. The van der Waals surface area contributed by atoms with Crippen molar-refractivity contribution in [3.63, 3.8) is 0 Å². The fourth-order valence-electron chi connectivity index (χ4n) is 1.43. The second-order valence-corrected chi connectivity index (χ2v) is 3.83. The van der Waals surface area contributed by atoms with Crippen LogP contribution in [0.5, 0.6) is 0 Å². The molecule has 0 saturated carbocycles. The molecule has 1 heterocycles. The third-order valence-corrected chi connectivity index (χ3v) is 2.56. The predicted octanol–water partition coefficient (Wildman–Crippen LogP) is 2.64. The van der Waals surface area contributed by atoms with Crippen LogP contribution in [0.4, 0.5) is 4.39 Å². The molecule has 5 heteroatoms. The molecule has 0 aliphatic carbocycles. The number of nitrogens with zero attached hydrogens (tertiary/aromatic N) is 1. The first-order valence-corrected chi connectivity index (χ1v) is 5.17. The molecule has 2 N–H and O–H groups in total. The third kappa shape index (κ3) is 2.42. The Hall–Kier alpha value is -1.94. The Morgan fingerprint density at radius 2 is 2.06 bits per heavy atom. The number of hydrogen-bond donors (Lipinski definition) is 1. The van der Waals surface area contributed by atoms with Crippen LogP contribution in [0.3, 0.4) is 0 Å². The van der Waals surface area contributed by atoms with Gasteiger partial charge in [-0.05, 0) is 30.3 Å². The smallest absolute Gasteiger partial charge is 0.248 e. The van der Waals surface area contributed by atoms with Crippen LogP contribution in [-0.2, 0) is 0 Å². The highest BCUT2D eigenvalue weighted by atomic mass is 35.5. The van der Waals surface area contributed by atoms with Gasteiger partial charge in [-0.2, -0.15) is 0 Å². The second kappa shape index (κ2) is 4.51. The lowest BCUT2D eigenvalue weighted by atomic mass is 10.1. The van der Waals surface area contributed by atoms with E-state index in [-0.39, 0.29) is 5.02 Å². The van der Waals surface area contributed by atoms with Crippen molar-refractivity contribution in [2.24, 2.45) is 5.73 Å². The molecule has 0 unspecified atom stereocenters. The largest absolute Gasteiger partial charge is 0.366 e. The van der Waals surface area contributed by atoms with E-state index in [1.165, 1.54) is 36.5 Å². The summed E-state index contributed by atoms with van der Waals surface area (Å²) < 4.78 is 12.9. The van der Waals surface area contributed by atoms with Gasteiger partial charge in [0.2, 0.25) is 5.91 Å². The molecule has 0 aliphatic heterocycles. The van der Waals surface area contributed by atoms with Crippen molar-refractivity contribution in [2.45, 2.75) is 0 Å². The van der Waals surface area contributed by atoms with E-state index in [1.54, 1.807) is 0 Å². The maximum Gasteiger partial charge on any atom is 0.248 e. The Kier molecular flexibility index (Phi) is 3.06. The number of primary amides is 1. The number of carbonyl (C=O) groups excluding carboxylic acids is 1. The van der Waals surface area contributed by atoms with Crippen LogP contribution in [0.25, 0.3) is 11.3 Å². The quantitative estimate of drug-likeness (QED) is 0.891. The first kappa shape index (κ1) is 11.5. The van der Waals surface area contributed by atoms with Crippen LogP contribution >= 0.6 is 11.6 Å². The lowest BCUT2D eigenvalue weighted by molar-refractivity contribution is 0.1000. The SMILES string of the molecule is NC(=O)c1ccnc(-c2ccc(F)cc2Cl)c1. The van der Waals surface area contributed by atoms with E-state index in [4.69, 9.17) is 17.3 Å². The Morgan fingerprint density at radius 1 is 1.29 bits per heavy atom. The first-order chi connectivity index (χ1) is 8.08. The molecule has 1 amide bonds. The molecule has 0 radical (unpaired) electrons. The summed E-state index contributed by atoms with van der Waals surface area (Å²) in [5, 5.41) is 0.235. The monoisotopic (exact) mass is 250 g/mol. The fourth-order valence-corrected chi connectivity index (χ4v) is 1.69. The molecule has 3 nitrogen and oxygen atoms in total. The van der Waals surface area contributed by atoms with Crippen molar-refractivity contribution in [1.29, 1.82) is 0 Å². The maximum atomic E-state index is 12.9. The number of halogens is 2.